The average molecular weight is 437 g/mol. The second-order valence-corrected chi connectivity index (χ2v) is 8.09. The van der Waals surface area contributed by atoms with Gasteiger partial charge in [-0.25, -0.2) is 0 Å². The van der Waals surface area contributed by atoms with Crippen LogP contribution in [0, 0.1) is 0 Å². The van der Waals surface area contributed by atoms with Crippen LogP contribution >= 0.6 is 0 Å². The Kier molecular flexibility index (Phi) is 7.09. The fraction of sp³-hybridized carbons (Fsp3) is 0.333. The number of rotatable bonds is 7. The molecule has 0 spiro atoms. The van der Waals surface area contributed by atoms with Crippen molar-refractivity contribution in [3.63, 3.8) is 0 Å². The van der Waals surface area contributed by atoms with Gasteiger partial charge in [0.2, 0.25) is 0 Å². The molecular weight excluding hydrogens is 408 g/mol. The Labute approximate surface area is 186 Å². The van der Waals surface area contributed by atoms with E-state index in [2.05, 4.69) is 21.6 Å². The lowest BCUT2D eigenvalue weighted by molar-refractivity contribution is -0.147. The molecule has 8 nitrogen and oxygen atoms in total. The van der Waals surface area contributed by atoms with Gasteiger partial charge in [0, 0.05) is 37.1 Å². The second-order valence-electron chi connectivity index (χ2n) is 8.09. The predicted octanol–water partition coefficient (Wildman–Crippen LogP) is 1.01. The zero-order valence-electron chi connectivity index (χ0n) is 17.6. The number of hydrogen-bond acceptors (Lipinski definition) is 8. The second kappa shape index (κ2) is 10.2. The summed E-state index contributed by atoms with van der Waals surface area (Å²) in [6.07, 6.45) is -1.85. The molecule has 5 N–H and O–H groups in total. The number of likely N-dealkylation sites (tertiary alicyclic amines) is 1. The Morgan fingerprint density at radius 1 is 0.938 bits per heavy atom. The summed E-state index contributed by atoms with van der Waals surface area (Å²) >= 11 is 0. The van der Waals surface area contributed by atoms with Gasteiger partial charge in [0.1, 0.15) is 12.2 Å². The molecule has 0 radical (unpaired) electrons. The highest BCUT2D eigenvalue weighted by Crippen LogP contribution is 2.22. The molecule has 0 saturated carbocycles. The molecule has 0 unspecified atom stereocenters. The zero-order chi connectivity index (χ0) is 22.5. The molecule has 1 aromatic heterocycles. The number of anilines is 1. The maximum Gasteiger partial charge on any atom is 0.109 e. The molecule has 3 aromatic rings. The van der Waals surface area contributed by atoms with Crippen molar-refractivity contribution in [2.45, 2.75) is 37.4 Å². The van der Waals surface area contributed by atoms with Crippen LogP contribution in [0.15, 0.2) is 66.9 Å². The summed E-state index contributed by atoms with van der Waals surface area (Å²) in [5.74, 6) is 0. The van der Waals surface area contributed by atoms with Gasteiger partial charge < -0.3 is 25.7 Å². The topological polar surface area (TPSA) is 122 Å². The monoisotopic (exact) mass is 436 g/mol. The lowest BCUT2D eigenvalue weighted by Crippen LogP contribution is -2.62. The van der Waals surface area contributed by atoms with E-state index in [0.717, 1.165) is 28.1 Å². The van der Waals surface area contributed by atoms with Gasteiger partial charge in [-0.3, -0.25) is 4.90 Å². The molecule has 0 aliphatic carbocycles. The Morgan fingerprint density at radius 3 is 2.44 bits per heavy atom. The minimum Gasteiger partial charge on any atom is -0.395 e. The maximum atomic E-state index is 10.2. The van der Waals surface area contributed by atoms with Crippen LogP contribution in [0.1, 0.15) is 11.1 Å². The van der Waals surface area contributed by atoms with Crippen LogP contribution in [0.5, 0.6) is 0 Å². The van der Waals surface area contributed by atoms with Crippen molar-refractivity contribution in [3.8, 4) is 11.3 Å². The minimum absolute atomic E-state index is 0.185. The van der Waals surface area contributed by atoms with E-state index in [0.29, 0.717) is 13.1 Å². The molecule has 168 valence electrons. The van der Waals surface area contributed by atoms with Gasteiger partial charge in [-0.05, 0) is 35.4 Å². The predicted molar refractivity (Wildman–Crippen MR) is 121 cm³/mol. The van der Waals surface area contributed by atoms with Gasteiger partial charge in [0.15, 0.2) is 0 Å². The van der Waals surface area contributed by atoms with E-state index >= 15 is 0 Å². The fourth-order valence-electron chi connectivity index (χ4n) is 4.05. The number of benzene rings is 2. The molecule has 1 aliphatic rings. The van der Waals surface area contributed by atoms with E-state index in [1.165, 1.54) is 0 Å². The first-order valence-electron chi connectivity index (χ1n) is 10.6. The quantitative estimate of drug-likeness (QED) is 0.372. The van der Waals surface area contributed by atoms with Crippen molar-refractivity contribution in [3.05, 3.63) is 78.0 Å². The Balaban J connectivity index is 1.38. The van der Waals surface area contributed by atoms with Crippen molar-refractivity contribution in [2.75, 3.05) is 18.5 Å². The van der Waals surface area contributed by atoms with Crippen LogP contribution in [0.25, 0.3) is 11.3 Å². The molecule has 1 fully saturated rings. The highest BCUT2D eigenvalue weighted by atomic mass is 16.4. The summed E-state index contributed by atoms with van der Waals surface area (Å²) in [5.41, 5.74) is 4.89. The third kappa shape index (κ3) is 5.12. The van der Waals surface area contributed by atoms with Crippen molar-refractivity contribution >= 4 is 5.69 Å². The molecule has 2 heterocycles. The Morgan fingerprint density at radius 2 is 1.72 bits per heavy atom. The van der Waals surface area contributed by atoms with E-state index in [4.69, 9.17) is 0 Å². The highest BCUT2D eigenvalue weighted by Gasteiger charge is 2.40. The third-order valence-corrected chi connectivity index (χ3v) is 5.84. The lowest BCUT2D eigenvalue weighted by Gasteiger charge is -2.43. The van der Waals surface area contributed by atoms with Crippen LogP contribution in [0.3, 0.4) is 0 Å². The Hall–Kier alpha value is -2.88. The van der Waals surface area contributed by atoms with Crippen molar-refractivity contribution < 1.29 is 20.4 Å². The van der Waals surface area contributed by atoms with Crippen LogP contribution < -0.4 is 5.32 Å². The molecule has 4 atom stereocenters. The number of nitrogens with one attached hydrogen (secondary N) is 1. The van der Waals surface area contributed by atoms with Crippen molar-refractivity contribution in [1.29, 1.82) is 0 Å². The van der Waals surface area contributed by atoms with Crippen LogP contribution in [0.2, 0.25) is 0 Å². The summed E-state index contributed by atoms with van der Waals surface area (Å²) in [7, 11) is 0. The average Bonchev–Trinajstić information content (AvgIpc) is 2.83. The molecule has 8 heteroatoms. The molecule has 0 amide bonds. The number of aromatic nitrogens is 2. The number of aliphatic hydroxyl groups excluding tert-OH is 4. The van der Waals surface area contributed by atoms with Gasteiger partial charge >= 0.3 is 0 Å². The molecule has 4 rings (SSSR count). The van der Waals surface area contributed by atoms with Gasteiger partial charge in [0.05, 0.1) is 24.4 Å². The van der Waals surface area contributed by atoms with Gasteiger partial charge in [-0.1, -0.05) is 36.4 Å². The highest BCUT2D eigenvalue weighted by molar-refractivity contribution is 5.62. The van der Waals surface area contributed by atoms with Crippen molar-refractivity contribution in [1.82, 2.24) is 15.1 Å². The molecular formula is C24H28N4O4. The SMILES string of the molecule is OC[C@@H]1[C@@H](O)[C@H](O)[C@@H](O)CN1Cc1cccc(CNc2ccc(-c3cccnn3)cc2)c1. The van der Waals surface area contributed by atoms with E-state index in [1.54, 1.807) is 11.1 Å². The van der Waals surface area contributed by atoms with Crippen LogP contribution in [-0.2, 0) is 13.1 Å². The lowest BCUT2D eigenvalue weighted by atomic mass is 9.93. The fourth-order valence-corrected chi connectivity index (χ4v) is 4.05. The van der Waals surface area contributed by atoms with E-state index < -0.39 is 24.4 Å². The van der Waals surface area contributed by atoms with E-state index in [-0.39, 0.29) is 13.2 Å². The van der Waals surface area contributed by atoms with E-state index in [9.17, 15) is 20.4 Å². The van der Waals surface area contributed by atoms with Crippen molar-refractivity contribution in [2.24, 2.45) is 0 Å². The van der Waals surface area contributed by atoms with Gasteiger partial charge in [-0.2, -0.15) is 10.2 Å². The standard InChI is InChI=1S/C24H28N4O4/c29-15-21-23(31)24(32)22(30)14-28(21)13-17-4-1-3-16(11-17)12-25-19-8-6-18(7-9-19)20-5-2-10-26-27-20/h1-11,21-25,29-32H,12-15H2/t21-,22+,23-,24-/m1/s1. The summed E-state index contributed by atoms with van der Waals surface area (Å²) in [4.78, 5) is 1.81. The summed E-state index contributed by atoms with van der Waals surface area (Å²) in [6, 6.07) is 19.2. The molecule has 2 aromatic carbocycles. The molecule has 1 aliphatic heterocycles. The maximum absolute atomic E-state index is 10.2. The first-order chi connectivity index (χ1) is 15.5. The van der Waals surface area contributed by atoms with Gasteiger partial charge in [0.25, 0.3) is 0 Å². The molecule has 1 saturated heterocycles. The minimum atomic E-state index is -1.25. The van der Waals surface area contributed by atoms with Crippen LogP contribution in [0.4, 0.5) is 5.69 Å². The summed E-state index contributed by atoms with van der Waals surface area (Å²) in [5, 5.41) is 51.2. The number of nitrogens with zero attached hydrogens (tertiary/aromatic N) is 3. The van der Waals surface area contributed by atoms with E-state index in [1.807, 2.05) is 54.6 Å². The molecule has 32 heavy (non-hydrogen) atoms. The molecule has 0 bridgehead atoms. The number of piperidine rings is 1. The number of hydrogen-bond donors (Lipinski definition) is 5. The summed E-state index contributed by atoms with van der Waals surface area (Å²) < 4.78 is 0. The van der Waals surface area contributed by atoms with Crippen LogP contribution in [-0.4, -0.2) is 73.0 Å². The van der Waals surface area contributed by atoms with Gasteiger partial charge in [-0.15, -0.1) is 0 Å². The smallest absolute Gasteiger partial charge is 0.109 e. The Bertz CT molecular complexity index is 1000. The largest absolute Gasteiger partial charge is 0.395 e. The normalized spacial score (nSPS) is 23.8. The number of aliphatic hydroxyl groups is 4. The first kappa shape index (κ1) is 22.3. The first-order valence-corrected chi connectivity index (χ1v) is 10.6. The third-order valence-electron chi connectivity index (χ3n) is 5.84. The summed E-state index contributed by atoms with van der Waals surface area (Å²) in [6.45, 7) is 0.971. The zero-order valence-corrected chi connectivity index (χ0v) is 17.6. The number of β-amino-alcohol motifs (C(OH)–C–C–N with tert-alkyl or cyclic N) is 1.